The van der Waals surface area contributed by atoms with E-state index in [1.54, 1.807) is 31.3 Å². The number of aliphatic imine (C=N–C) groups is 1. The molecule has 0 aliphatic carbocycles. The molecule has 8 heteroatoms. The van der Waals surface area contributed by atoms with E-state index in [4.69, 9.17) is 26.8 Å². The quantitative estimate of drug-likeness (QED) is 0.753. The van der Waals surface area contributed by atoms with Crippen LogP contribution in [0, 0.1) is 5.82 Å². The van der Waals surface area contributed by atoms with E-state index in [0.29, 0.717) is 59.9 Å². The summed E-state index contributed by atoms with van der Waals surface area (Å²) in [7, 11) is 1.61. The molecule has 2 N–H and O–H groups in total. The number of ether oxygens (including phenoxy) is 2. The van der Waals surface area contributed by atoms with Gasteiger partial charge in [-0.1, -0.05) is 17.7 Å². The number of carbonyl (C=O) groups is 1. The fourth-order valence-corrected chi connectivity index (χ4v) is 4.84. The molecule has 5 rings (SSSR count). The van der Waals surface area contributed by atoms with Crippen molar-refractivity contribution in [2.45, 2.75) is 30.4 Å². The zero-order valence-corrected chi connectivity index (χ0v) is 17.2. The molecule has 1 saturated heterocycles. The molecule has 1 fully saturated rings. The summed E-state index contributed by atoms with van der Waals surface area (Å²) in [5, 5.41) is 0.426. The van der Waals surface area contributed by atoms with E-state index in [-0.39, 0.29) is 11.9 Å². The van der Waals surface area contributed by atoms with E-state index in [0.717, 1.165) is 0 Å². The largest absolute Gasteiger partial charge is 0.487 e. The summed E-state index contributed by atoms with van der Waals surface area (Å²) in [4.78, 5) is 19.4. The first-order valence-corrected chi connectivity index (χ1v) is 10.2. The number of guanidine groups is 1. The predicted octanol–water partition coefficient (Wildman–Crippen LogP) is 3.46. The second kappa shape index (κ2) is 6.68. The van der Waals surface area contributed by atoms with Crippen LogP contribution in [0.2, 0.25) is 5.02 Å². The number of nitrogens with zero attached hydrogens (tertiary/aromatic N) is 2. The van der Waals surface area contributed by atoms with Gasteiger partial charge in [0.1, 0.15) is 17.2 Å². The number of hydrogen-bond acceptors (Lipinski definition) is 5. The zero-order valence-electron chi connectivity index (χ0n) is 16.5. The van der Waals surface area contributed by atoms with Crippen LogP contribution in [0.25, 0.3) is 11.1 Å². The van der Waals surface area contributed by atoms with Gasteiger partial charge < -0.3 is 15.2 Å². The van der Waals surface area contributed by atoms with E-state index in [2.05, 4.69) is 4.99 Å². The van der Waals surface area contributed by atoms with Gasteiger partial charge in [-0.2, -0.15) is 0 Å². The van der Waals surface area contributed by atoms with Crippen molar-refractivity contribution in [2.24, 2.45) is 10.7 Å². The number of carbonyl (C=O) groups excluding carboxylic acids is 1. The van der Waals surface area contributed by atoms with Gasteiger partial charge in [-0.3, -0.25) is 9.69 Å². The Kier molecular flexibility index (Phi) is 4.31. The van der Waals surface area contributed by atoms with Gasteiger partial charge >= 0.3 is 0 Å². The summed E-state index contributed by atoms with van der Waals surface area (Å²) < 4.78 is 26.5. The van der Waals surface area contributed by atoms with Crippen LogP contribution in [0.1, 0.15) is 24.8 Å². The Hall–Kier alpha value is -2.64. The lowest BCUT2D eigenvalue weighted by Crippen LogP contribution is -2.53. The van der Waals surface area contributed by atoms with Crippen LogP contribution in [0.3, 0.4) is 0 Å². The van der Waals surface area contributed by atoms with Crippen LogP contribution in [0.5, 0.6) is 5.75 Å². The molecule has 1 unspecified atom stereocenters. The van der Waals surface area contributed by atoms with E-state index in [1.165, 1.54) is 17.0 Å². The van der Waals surface area contributed by atoms with Crippen molar-refractivity contribution in [2.75, 3.05) is 20.3 Å². The van der Waals surface area contributed by atoms with E-state index in [1.807, 2.05) is 0 Å². The van der Waals surface area contributed by atoms with E-state index >= 15 is 0 Å². The van der Waals surface area contributed by atoms with Gasteiger partial charge in [-0.25, -0.2) is 9.38 Å². The third-order valence-corrected chi connectivity index (χ3v) is 6.52. The standard InChI is InChI=1S/C22H21ClFN3O3/c1-27-19(28)22(26-20(27)25)12-21(6-8-29-9-7-21)30-18-5-2-13(10-16(18)22)15-11-14(23)3-4-17(15)24/h2-5,10-11H,6-9,12H2,1H3,(H2,25,26). The number of hydrogen-bond donors (Lipinski definition) is 1. The lowest BCUT2D eigenvalue weighted by Gasteiger charge is -2.46. The van der Waals surface area contributed by atoms with E-state index in [9.17, 15) is 9.18 Å². The Morgan fingerprint density at radius 1 is 1.20 bits per heavy atom. The molecule has 0 saturated carbocycles. The third kappa shape index (κ3) is 2.80. The Labute approximate surface area is 178 Å². The maximum absolute atomic E-state index is 14.5. The van der Waals surface area contributed by atoms with E-state index < -0.39 is 17.0 Å². The zero-order chi connectivity index (χ0) is 21.1. The molecule has 0 bridgehead atoms. The number of nitrogens with two attached hydrogens (primary N) is 1. The summed E-state index contributed by atoms with van der Waals surface area (Å²) in [6.45, 7) is 1.11. The number of halogens is 2. The first kappa shape index (κ1) is 19.3. The van der Waals surface area contributed by atoms with Crippen molar-refractivity contribution in [1.29, 1.82) is 0 Å². The SMILES string of the molecule is CN1C(=O)C2(CC3(CCOCC3)Oc3ccc(-c4cc(Cl)ccc4F)cc32)N=C1N. The molecule has 1 atom stereocenters. The molecular weight excluding hydrogens is 409 g/mol. The van der Waals surface area contributed by atoms with Crippen LogP contribution in [0.4, 0.5) is 4.39 Å². The monoisotopic (exact) mass is 429 g/mol. The first-order valence-electron chi connectivity index (χ1n) is 9.84. The molecule has 156 valence electrons. The van der Waals surface area contributed by atoms with Crippen LogP contribution in [-0.2, 0) is 15.1 Å². The lowest BCUT2D eigenvalue weighted by molar-refractivity contribution is -0.137. The van der Waals surface area contributed by atoms with Gasteiger partial charge in [0.15, 0.2) is 11.5 Å². The Morgan fingerprint density at radius 2 is 1.97 bits per heavy atom. The molecule has 0 radical (unpaired) electrons. The Bertz CT molecular complexity index is 1080. The Balaban J connectivity index is 1.70. The molecular formula is C22H21ClFN3O3. The highest BCUT2D eigenvalue weighted by Crippen LogP contribution is 2.52. The van der Waals surface area contributed by atoms with Gasteiger partial charge in [0, 0.05) is 42.5 Å². The van der Waals surface area contributed by atoms with Crippen LogP contribution < -0.4 is 10.5 Å². The molecule has 2 spiro atoms. The molecule has 3 heterocycles. The molecule has 6 nitrogen and oxygen atoms in total. The fourth-order valence-electron chi connectivity index (χ4n) is 4.67. The van der Waals surface area contributed by atoms with Gasteiger partial charge in [0.2, 0.25) is 0 Å². The second-order valence-corrected chi connectivity index (χ2v) is 8.54. The number of benzene rings is 2. The lowest BCUT2D eigenvalue weighted by atomic mass is 9.73. The minimum Gasteiger partial charge on any atom is -0.487 e. The van der Waals surface area contributed by atoms with Crippen molar-refractivity contribution in [3.05, 3.63) is 52.8 Å². The van der Waals surface area contributed by atoms with Gasteiger partial charge in [0.25, 0.3) is 5.91 Å². The van der Waals surface area contributed by atoms with Gasteiger partial charge in [-0.05, 0) is 35.9 Å². The molecule has 30 heavy (non-hydrogen) atoms. The van der Waals surface area contributed by atoms with Crippen LogP contribution in [-0.4, -0.2) is 42.6 Å². The maximum atomic E-state index is 14.5. The highest BCUT2D eigenvalue weighted by molar-refractivity contribution is 6.30. The normalized spacial score (nSPS) is 24.7. The van der Waals surface area contributed by atoms with Crippen molar-refractivity contribution in [3.63, 3.8) is 0 Å². The average molecular weight is 430 g/mol. The van der Waals surface area contributed by atoms with Crippen molar-refractivity contribution >= 4 is 23.5 Å². The summed E-state index contributed by atoms with van der Waals surface area (Å²) in [5.74, 6) is 0.118. The predicted molar refractivity (Wildman–Crippen MR) is 111 cm³/mol. The van der Waals surface area contributed by atoms with Crippen LogP contribution >= 0.6 is 11.6 Å². The van der Waals surface area contributed by atoms with Gasteiger partial charge in [-0.15, -0.1) is 0 Å². The first-order chi connectivity index (χ1) is 14.3. The summed E-state index contributed by atoms with van der Waals surface area (Å²) in [5.41, 5.74) is 5.83. The molecule has 0 aromatic heterocycles. The topological polar surface area (TPSA) is 77.2 Å². The minimum atomic E-state index is -1.20. The van der Waals surface area contributed by atoms with Crippen molar-refractivity contribution < 1.29 is 18.7 Å². The molecule has 1 amide bonds. The van der Waals surface area contributed by atoms with Gasteiger partial charge in [0.05, 0.1) is 13.2 Å². The number of rotatable bonds is 1. The molecule has 3 aliphatic heterocycles. The third-order valence-electron chi connectivity index (χ3n) is 6.28. The molecule has 2 aromatic carbocycles. The van der Waals surface area contributed by atoms with Crippen molar-refractivity contribution in [3.8, 4) is 16.9 Å². The summed E-state index contributed by atoms with van der Waals surface area (Å²) in [6.07, 6.45) is 1.68. The average Bonchev–Trinajstić information content (AvgIpc) is 2.94. The van der Waals surface area contributed by atoms with Crippen LogP contribution in [0.15, 0.2) is 41.4 Å². The minimum absolute atomic E-state index is 0.161. The Morgan fingerprint density at radius 3 is 2.67 bits per heavy atom. The van der Waals surface area contributed by atoms with Crippen molar-refractivity contribution in [1.82, 2.24) is 4.90 Å². The number of fused-ring (bicyclic) bond motifs is 2. The molecule has 2 aromatic rings. The maximum Gasteiger partial charge on any atom is 0.261 e. The molecule has 3 aliphatic rings. The highest BCUT2D eigenvalue weighted by Gasteiger charge is 2.58. The number of likely N-dealkylation sites (N-methyl/N-ethyl adjacent to an activating group) is 1. The highest BCUT2D eigenvalue weighted by atomic mass is 35.5. The number of amides is 1. The summed E-state index contributed by atoms with van der Waals surface area (Å²) >= 11 is 6.09. The smallest absolute Gasteiger partial charge is 0.261 e. The fraction of sp³-hybridized carbons (Fsp3) is 0.364. The summed E-state index contributed by atoms with van der Waals surface area (Å²) in [6, 6.07) is 9.71. The second-order valence-electron chi connectivity index (χ2n) is 8.10.